The molecule has 0 aliphatic heterocycles. The second-order valence-corrected chi connectivity index (χ2v) is 5.23. The van der Waals surface area contributed by atoms with E-state index in [-0.39, 0.29) is 30.6 Å². The lowest BCUT2D eigenvalue weighted by atomic mass is 10.1. The fraction of sp³-hybridized carbons (Fsp3) is 0.312. The molecule has 116 valence electrons. The molecule has 0 atom stereocenters. The number of hydrogen-bond acceptors (Lipinski definition) is 3. The molecule has 1 heterocycles. The highest BCUT2D eigenvalue weighted by molar-refractivity contribution is 5.99. The van der Waals surface area contributed by atoms with Gasteiger partial charge in [-0.15, -0.1) is 0 Å². The van der Waals surface area contributed by atoms with Crippen LogP contribution in [0.4, 0.5) is 10.2 Å². The van der Waals surface area contributed by atoms with E-state index in [1.54, 1.807) is 16.9 Å². The summed E-state index contributed by atoms with van der Waals surface area (Å²) in [6, 6.07) is 7.14. The predicted molar refractivity (Wildman–Crippen MR) is 81.2 cm³/mol. The Bertz CT molecular complexity index is 662. The van der Waals surface area contributed by atoms with Gasteiger partial charge in [-0.3, -0.25) is 9.59 Å². The predicted octanol–water partition coefficient (Wildman–Crippen LogP) is 3.20. The Hall–Kier alpha value is -2.50. The van der Waals surface area contributed by atoms with Crippen molar-refractivity contribution < 1.29 is 14.0 Å². The Morgan fingerprint density at radius 1 is 1.18 bits per heavy atom. The van der Waals surface area contributed by atoms with E-state index in [0.717, 1.165) is 0 Å². The van der Waals surface area contributed by atoms with E-state index in [1.807, 2.05) is 13.8 Å². The van der Waals surface area contributed by atoms with E-state index in [2.05, 4.69) is 10.4 Å². The van der Waals surface area contributed by atoms with Crippen molar-refractivity contribution in [3.8, 4) is 0 Å². The highest BCUT2D eigenvalue weighted by Gasteiger charge is 2.12. The highest BCUT2D eigenvalue weighted by atomic mass is 19.1. The molecular formula is C16H18FN3O2. The first-order valence-electron chi connectivity index (χ1n) is 7.09. The number of aromatic nitrogens is 2. The number of anilines is 1. The monoisotopic (exact) mass is 303 g/mol. The van der Waals surface area contributed by atoms with Gasteiger partial charge in [0.2, 0.25) is 5.91 Å². The molecule has 1 aromatic heterocycles. The Morgan fingerprint density at radius 2 is 1.86 bits per heavy atom. The first-order chi connectivity index (χ1) is 10.5. The summed E-state index contributed by atoms with van der Waals surface area (Å²) in [6.45, 7) is 3.92. The Kier molecular flexibility index (Phi) is 5.04. The van der Waals surface area contributed by atoms with Gasteiger partial charge in [-0.25, -0.2) is 9.07 Å². The lowest BCUT2D eigenvalue weighted by molar-refractivity contribution is -0.116. The number of halogens is 1. The van der Waals surface area contributed by atoms with Crippen LogP contribution in [0.2, 0.25) is 0 Å². The molecule has 5 nitrogen and oxygen atoms in total. The minimum absolute atomic E-state index is 0.0689. The maximum atomic E-state index is 12.8. The average molecular weight is 303 g/mol. The van der Waals surface area contributed by atoms with Gasteiger partial charge in [-0.05, 0) is 38.1 Å². The average Bonchev–Trinajstić information content (AvgIpc) is 2.94. The molecule has 22 heavy (non-hydrogen) atoms. The number of amides is 1. The minimum Gasteiger partial charge on any atom is -0.311 e. The van der Waals surface area contributed by atoms with Crippen LogP contribution in [0.15, 0.2) is 36.5 Å². The number of hydrogen-bond donors (Lipinski definition) is 1. The first kappa shape index (κ1) is 15.9. The standard InChI is InChI=1S/C16H18FN3O2/c1-11(2)20-15(9-10-18-20)19-16(22)8-7-14(21)12-3-5-13(17)6-4-12/h3-6,9-11H,7-8H2,1-2H3,(H,19,22). The van der Waals surface area contributed by atoms with Crippen LogP contribution in [-0.4, -0.2) is 21.5 Å². The van der Waals surface area contributed by atoms with Gasteiger partial charge in [0.05, 0.1) is 6.20 Å². The van der Waals surface area contributed by atoms with Crippen LogP contribution in [0.25, 0.3) is 0 Å². The summed E-state index contributed by atoms with van der Waals surface area (Å²) in [5.41, 5.74) is 0.404. The van der Waals surface area contributed by atoms with Crippen molar-refractivity contribution in [2.24, 2.45) is 0 Å². The molecule has 0 unspecified atom stereocenters. The zero-order chi connectivity index (χ0) is 16.1. The second-order valence-electron chi connectivity index (χ2n) is 5.23. The molecule has 1 N–H and O–H groups in total. The summed E-state index contributed by atoms with van der Waals surface area (Å²) in [5.74, 6) is -0.226. The third-order valence-electron chi connectivity index (χ3n) is 3.17. The van der Waals surface area contributed by atoms with Crippen molar-refractivity contribution in [1.82, 2.24) is 9.78 Å². The van der Waals surface area contributed by atoms with E-state index in [0.29, 0.717) is 11.4 Å². The lowest BCUT2D eigenvalue weighted by Crippen LogP contribution is -2.17. The van der Waals surface area contributed by atoms with Gasteiger partial charge in [-0.1, -0.05) is 0 Å². The number of ketones is 1. The van der Waals surface area contributed by atoms with Crippen LogP contribution in [0, 0.1) is 5.82 Å². The van der Waals surface area contributed by atoms with Crippen molar-refractivity contribution in [2.75, 3.05) is 5.32 Å². The van der Waals surface area contributed by atoms with E-state index in [9.17, 15) is 14.0 Å². The van der Waals surface area contributed by atoms with Gasteiger partial charge >= 0.3 is 0 Å². The fourth-order valence-corrected chi connectivity index (χ4v) is 2.04. The quantitative estimate of drug-likeness (QED) is 0.833. The molecule has 2 aromatic rings. The van der Waals surface area contributed by atoms with Crippen LogP contribution in [0.3, 0.4) is 0 Å². The molecule has 0 aliphatic rings. The molecule has 0 aliphatic carbocycles. The van der Waals surface area contributed by atoms with Crippen LogP contribution in [-0.2, 0) is 4.79 Å². The summed E-state index contributed by atoms with van der Waals surface area (Å²) in [7, 11) is 0. The highest BCUT2D eigenvalue weighted by Crippen LogP contribution is 2.14. The van der Waals surface area contributed by atoms with Crippen LogP contribution in [0.5, 0.6) is 0 Å². The van der Waals surface area contributed by atoms with Gasteiger partial charge in [0.15, 0.2) is 5.78 Å². The Labute approximate surface area is 128 Å². The topological polar surface area (TPSA) is 64.0 Å². The molecular weight excluding hydrogens is 285 g/mol. The normalized spacial score (nSPS) is 10.7. The van der Waals surface area contributed by atoms with Gasteiger partial charge in [-0.2, -0.15) is 5.10 Å². The SMILES string of the molecule is CC(C)n1nccc1NC(=O)CCC(=O)c1ccc(F)cc1. The summed E-state index contributed by atoms with van der Waals surface area (Å²) in [6.07, 6.45) is 1.76. The molecule has 0 bridgehead atoms. The number of rotatable bonds is 6. The molecule has 0 fully saturated rings. The van der Waals surface area contributed by atoms with Crippen molar-refractivity contribution in [3.63, 3.8) is 0 Å². The summed E-state index contributed by atoms with van der Waals surface area (Å²) in [4.78, 5) is 23.8. The molecule has 0 radical (unpaired) electrons. The number of nitrogens with one attached hydrogen (secondary N) is 1. The lowest BCUT2D eigenvalue weighted by Gasteiger charge is -2.11. The fourth-order valence-electron chi connectivity index (χ4n) is 2.04. The largest absolute Gasteiger partial charge is 0.311 e. The van der Waals surface area contributed by atoms with E-state index >= 15 is 0 Å². The number of carbonyl (C=O) groups excluding carboxylic acids is 2. The van der Waals surface area contributed by atoms with Gasteiger partial charge in [0.25, 0.3) is 0 Å². The summed E-state index contributed by atoms with van der Waals surface area (Å²) in [5, 5.41) is 6.86. The smallest absolute Gasteiger partial charge is 0.225 e. The van der Waals surface area contributed by atoms with E-state index in [4.69, 9.17) is 0 Å². The van der Waals surface area contributed by atoms with Gasteiger partial charge in [0, 0.05) is 30.5 Å². The molecule has 0 saturated heterocycles. The van der Waals surface area contributed by atoms with Crippen molar-refractivity contribution in [1.29, 1.82) is 0 Å². The maximum absolute atomic E-state index is 12.8. The van der Waals surface area contributed by atoms with Crippen LogP contribution >= 0.6 is 0 Å². The first-order valence-corrected chi connectivity index (χ1v) is 7.09. The third kappa shape index (κ3) is 4.00. The Balaban J connectivity index is 1.88. The zero-order valence-corrected chi connectivity index (χ0v) is 12.5. The number of nitrogens with zero attached hydrogens (tertiary/aromatic N) is 2. The number of Topliss-reactive ketones (excluding diaryl/α,β-unsaturated/α-hetero) is 1. The van der Waals surface area contributed by atoms with Crippen molar-refractivity contribution in [3.05, 3.63) is 47.9 Å². The van der Waals surface area contributed by atoms with E-state index < -0.39 is 5.82 Å². The molecule has 1 aromatic carbocycles. The third-order valence-corrected chi connectivity index (χ3v) is 3.17. The summed E-state index contributed by atoms with van der Waals surface area (Å²) >= 11 is 0. The molecule has 1 amide bonds. The molecule has 0 spiro atoms. The maximum Gasteiger partial charge on any atom is 0.225 e. The summed E-state index contributed by atoms with van der Waals surface area (Å²) < 4.78 is 14.5. The zero-order valence-electron chi connectivity index (χ0n) is 12.5. The van der Waals surface area contributed by atoms with Crippen LogP contribution in [0.1, 0.15) is 43.1 Å². The molecule has 2 rings (SSSR count). The number of carbonyl (C=O) groups is 2. The van der Waals surface area contributed by atoms with Crippen molar-refractivity contribution in [2.45, 2.75) is 32.7 Å². The Morgan fingerprint density at radius 3 is 2.50 bits per heavy atom. The van der Waals surface area contributed by atoms with Crippen LogP contribution < -0.4 is 5.32 Å². The van der Waals surface area contributed by atoms with Crippen molar-refractivity contribution >= 4 is 17.5 Å². The van der Waals surface area contributed by atoms with Gasteiger partial charge in [0.1, 0.15) is 11.6 Å². The minimum atomic E-state index is -0.392. The van der Waals surface area contributed by atoms with Gasteiger partial charge < -0.3 is 5.32 Å². The second kappa shape index (κ2) is 6.98. The van der Waals surface area contributed by atoms with E-state index in [1.165, 1.54) is 24.3 Å². The molecule has 0 saturated carbocycles. The molecule has 6 heteroatoms. The number of benzene rings is 1.